The van der Waals surface area contributed by atoms with Crippen molar-refractivity contribution >= 4 is 28.9 Å². The van der Waals surface area contributed by atoms with Gasteiger partial charge in [-0.3, -0.25) is 9.59 Å². The normalized spacial score (nSPS) is 14.7. The molecule has 2 amide bonds. The van der Waals surface area contributed by atoms with Gasteiger partial charge in [-0.2, -0.15) is 13.2 Å². The Kier molecular flexibility index (Phi) is 8.19. The average Bonchev–Trinajstić information content (AvgIpc) is 2.78. The molecule has 0 aliphatic carbocycles. The number of nitrogens with two attached hydrogens (primary N) is 1. The fourth-order valence-corrected chi connectivity index (χ4v) is 3.81. The molecule has 1 aliphatic rings. The zero-order valence-corrected chi connectivity index (χ0v) is 18.3. The number of hydrogen-bond donors (Lipinski definition) is 3. The monoisotopic (exact) mass is 462 g/mol. The van der Waals surface area contributed by atoms with Crippen molar-refractivity contribution < 1.29 is 22.8 Å². The second kappa shape index (κ2) is 11.1. The summed E-state index contributed by atoms with van der Waals surface area (Å²) >= 11 is 0. The molecule has 2 aromatic rings. The molecule has 4 N–H and O–H groups in total. The Hall–Kier alpha value is -3.23. The second-order valence-electron chi connectivity index (χ2n) is 8.27. The standard InChI is InChI=1S/C24H29F3N4O2/c25-24(26,27)18-12-14-31(15-13-18)21-10-8-20(9-11-21)30-19-6-4-17(5-7-19)16-29-23(33)3-1-2-22(28)32/h4-11,18,30H,1-3,12-16H2,(H2,28,32)(H,29,33). The summed E-state index contributed by atoms with van der Waals surface area (Å²) in [6.45, 7) is 1.20. The van der Waals surface area contributed by atoms with Gasteiger partial charge in [0.2, 0.25) is 11.8 Å². The lowest BCUT2D eigenvalue weighted by molar-refractivity contribution is -0.179. The zero-order valence-electron chi connectivity index (χ0n) is 18.3. The number of halogens is 3. The number of carbonyl (C=O) groups excluding carboxylic acids is 2. The fraction of sp³-hybridized carbons (Fsp3) is 0.417. The molecule has 0 saturated carbocycles. The molecule has 0 atom stereocenters. The molecule has 6 nitrogen and oxygen atoms in total. The van der Waals surface area contributed by atoms with Gasteiger partial charge in [-0.05, 0) is 61.2 Å². The predicted molar refractivity (Wildman–Crippen MR) is 122 cm³/mol. The van der Waals surface area contributed by atoms with E-state index in [0.29, 0.717) is 26.1 Å². The van der Waals surface area contributed by atoms with Crippen molar-refractivity contribution in [3.05, 3.63) is 54.1 Å². The maximum Gasteiger partial charge on any atom is 0.391 e. The fourth-order valence-electron chi connectivity index (χ4n) is 3.81. The van der Waals surface area contributed by atoms with Crippen LogP contribution in [0.4, 0.5) is 30.2 Å². The number of benzene rings is 2. The minimum atomic E-state index is -4.10. The number of anilines is 3. The molecule has 0 bridgehead atoms. The number of alkyl halides is 3. The minimum Gasteiger partial charge on any atom is -0.372 e. The summed E-state index contributed by atoms with van der Waals surface area (Å²) in [7, 11) is 0. The quantitative estimate of drug-likeness (QED) is 0.513. The highest BCUT2D eigenvalue weighted by molar-refractivity contribution is 5.78. The van der Waals surface area contributed by atoms with E-state index in [-0.39, 0.29) is 31.6 Å². The van der Waals surface area contributed by atoms with Gasteiger partial charge >= 0.3 is 6.18 Å². The maximum atomic E-state index is 12.8. The highest BCUT2D eigenvalue weighted by atomic mass is 19.4. The van der Waals surface area contributed by atoms with Crippen LogP contribution < -0.4 is 21.3 Å². The van der Waals surface area contributed by atoms with Crippen LogP contribution in [0.25, 0.3) is 0 Å². The Balaban J connectivity index is 1.45. The van der Waals surface area contributed by atoms with Crippen molar-refractivity contribution in [2.45, 2.75) is 44.8 Å². The third-order valence-electron chi connectivity index (χ3n) is 5.75. The number of amides is 2. The van der Waals surface area contributed by atoms with E-state index in [1.807, 2.05) is 53.4 Å². The van der Waals surface area contributed by atoms with E-state index in [9.17, 15) is 22.8 Å². The number of carbonyl (C=O) groups is 2. The molecule has 178 valence electrons. The van der Waals surface area contributed by atoms with Crippen LogP contribution >= 0.6 is 0 Å². The Labute approximate surface area is 191 Å². The van der Waals surface area contributed by atoms with Crippen LogP contribution in [0, 0.1) is 5.92 Å². The molecule has 1 saturated heterocycles. The van der Waals surface area contributed by atoms with Gasteiger partial charge in [-0.25, -0.2) is 0 Å². The average molecular weight is 463 g/mol. The number of nitrogens with one attached hydrogen (secondary N) is 2. The topological polar surface area (TPSA) is 87.5 Å². The van der Waals surface area contributed by atoms with Gasteiger partial charge in [-0.15, -0.1) is 0 Å². The van der Waals surface area contributed by atoms with E-state index in [0.717, 1.165) is 22.6 Å². The molecule has 0 radical (unpaired) electrons. The minimum absolute atomic E-state index is 0.124. The first-order valence-electron chi connectivity index (χ1n) is 11.0. The Bertz CT molecular complexity index is 922. The van der Waals surface area contributed by atoms with E-state index in [4.69, 9.17) is 5.73 Å². The molecule has 9 heteroatoms. The van der Waals surface area contributed by atoms with Crippen molar-refractivity contribution in [3.63, 3.8) is 0 Å². The summed E-state index contributed by atoms with van der Waals surface area (Å²) in [6.07, 6.45) is -2.95. The third kappa shape index (κ3) is 7.69. The number of hydrogen-bond acceptors (Lipinski definition) is 4. The summed E-state index contributed by atoms with van der Waals surface area (Å²) in [6, 6.07) is 15.3. The lowest BCUT2D eigenvalue weighted by Gasteiger charge is -2.34. The summed E-state index contributed by atoms with van der Waals surface area (Å²) in [4.78, 5) is 24.5. The van der Waals surface area contributed by atoms with Crippen LogP contribution in [0.2, 0.25) is 0 Å². The Morgan fingerprint density at radius 2 is 1.52 bits per heavy atom. The molecule has 2 aromatic carbocycles. The van der Waals surface area contributed by atoms with Crippen molar-refractivity contribution in [3.8, 4) is 0 Å². The van der Waals surface area contributed by atoms with Gasteiger partial charge in [-0.1, -0.05) is 12.1 Å². The lowest BCUT2D eigenvalue weighted by atomic mass is 9.96. The van der Waals surface area contributed by atoms with Crippen LogP contribution in [0.1, 0.15) is 37.7 Å². The number of piperidine rings is 1. The first-order chi connectivity index (χ1) is 15.7. The summed E-state index contributed by atoms with van der Waals surface area (Å²) in [5.41, 5.74) is 8.68. The van der Waals surface area contributed by atoms with Gasteiger partial charge in [0.1, 0.15) is 0 Å². The van der Waals surface area contributed by atoms with E-state index in [1.54, 1.807) is 0 Å². The molecular weight excluding hydrogens is 433 g/mol. The zero-order chi connectivity index (χ0) is 23.8. The largest absolute Gasteiger partial charge is 0.391 e. The molecule has 1 fully saturated rings. The summed E-state index contributed by atoms with van der Waals surface area (Å²) < 4.78 is 38.5. The summed E-state index contributed by atoms with van der Waals surface area (Å²) in [5, 5.41) is 6.10. The smallest absolute Gasteiger partial charge is 0.372 e. The molecule has 1 heterocycles. The van der Waals surface area contributed by atoms with E-state index in [1.165, 1.54) is 0 Å². The molecule has 3 rings (SSSR count). The molecular formula is C24H29F3N4O2. The van der Waals surface area contributed by atoms with Gasteiger partial charge in [0.15, 0.2) is 0 Å². The van der Waals surface area contributed by atoms with Crippen molar-refractivity contribution in [1.82, 2.24) is 5.32 Å². The van der Waals surface area contributed by atoms with Gasteiger partial charge in [0, 0.05) is 49.5 Å². The van der Waals surface area contributed by atoms with Crippen molar-refractivity contribution in [2.24, 2.45) is 11.7 Å². The van der Waals surface area contributed by atoms with E-state index in [2.05, 4.69) is 10.6 Å². The molecule has 0 aromatic heterocycles. The predicted octanol–water partition coefficient (Wildman–Crippen LogP) is 4.48. The molecule has 33 heavy (non-hydrogen) atoms. The van der Waals surface area contributed by atoms with Gasteiger partial charge in [0.05, 0.1) is 5.92 Å². The van der Waals surface area contributed by atoms with Crippen LogP contribution in [-0.4, -0.2) is 31.1 Å². The molecule has 0 unspecified atom stereocenters. The first-order valence-corrected chi connectivity index (χ1v) is 11.0. The number of rotatable bonds is 9. The molecule has 0 spiro atoms. The highest BCUT2D eigenvalue weighted by Crippen LogP contribution is 2.35. The van der Waals surface area contributed by atoms with Gasteiger partial charge in [0.25, 0.3) is 0 Å². The highest BCUT2D eigenvalue weighted by Gasteiger charge is 2.41. The summed E-state index contributed by atoms with van der Waals surface area (Å²) in [5.74, 6) is -1.74. The Morgan fingerprint density at radius 3 is 2.06 bits per heavy atom. The maximum absolute atomic E-state index is 12.8. The second-order valence-corrected chi connectivity index (χ2v) is 8.27. The van der Waals surface area contributed by atoms with E-state index >= 15 is 0 Å². The lowest BCUT2D eigenvalue weighted by Crippen LogP contribution is -2.38. The van der Waals surface area contributed by atoms with Crippen molar-refractivity contribution in [2.75, 3.05) is 23.3 Å². The van der Waals surface area contributed by atoms with Crippen LogP contribution in [0.15, 0.2) is 48.5 Å². The number of nitrogens with zero attached hydrogens (tertiary/aromatic N) is 1. The first kappa shape index (κ1) is 24.4. The van der Waals surface area contributed by atoms with Crippen LogP contribution in [0.3, 0.4) is 0 Å². The van der Waals surface area contributed by atoms with Crippen molar-refractivity contribution in [1.29, 1.82) is 0 Å². The SMILES string of the molecule is NC(=O)CCCC(=O)NCc1ccc(Nc2ccc(N3CCC(C(F)(F)F)CC3)cc2)cc1. The van der Waals surface area contributed by atoms with Gasteiger partial charge < -0.3 is 21.3 Å². The Morgan fingerprint density at radius 1 is 0.939 bits per heavy atom. The molecule has 1 aliphatic heterocycles. The van der Waals surface area contributed by atoms with Crippen LogP contribution in [0.5, 0.6) is 0 Å². The van der Waals surface area contributed by atoms with Crippen LogP contribution in [-0.2, 0) is 16.1 Å². The van der Waals surface area contributed by atoms with E-state index < -0.39 is 18.0 Å². The number of primary amides is 1. The third-order valence-corrected chi connectivity index (χ3v) is 5.75.